The Labute approximate surface area is 260 Å². The largest absolute Gasteiger partial charge is 0.506 e. The summed E-state index contributed by atoms with van der Waals surface area (Å²) in [5.74, 6) is 4.63. The predicted octanol–water partition coefficient (Wildman–Crippen LogP) is 9.43. The van der Waals surface area contributed by atoms with Crippen LogP contribution in [0.2, 0.25) is 0 Å². The van der Waals surface area contributed by atoms with Gasteiger partial charge in [-0.25, -0.2) is 4.79 Å². The van der Waals surface area contributed by atoms with E-state index in [4.69, 9.17) is 9.47 Å². The molecular weight excluding hydrogens is 536 g/mol. The number of fused-ring (bicyclic) bond motifs is 5. The van der Waals surface area contributed by atoms with Gasteiger partial charge in [0.2, 0.25) is 0 Å². The van der Waals surface area contributed by atoms with Crippen molar-refractivity contribution < 1.29 is 24.5 Å². The highest BCUT2D eigenvalue weighted by molar-refractivity contribution is 5.58. The van der Waals surface area contributed by atoms with Crippen molar-refractivity contribution in [1.82, 2.24) is 0 Å². The second-order valence-corrected chi connectivity index (χ2v) is 15.8. The van der Waals surface area contributed by atoms with Crippen LogP contribution >= 0.6 is 0 Å². The number of allylic oxidation sites excluding steroid dienone is 1. The minimum atomic E-state index is -1.23. The molecule has 0 amide bonds. The topological polar surface area (TPSA) is 76.0 Å². The molecule has 3 saturated carbocycles. The van der Waals surface area contributed by atoms with Gasteiger partial charge in [0.25, 0.3) is 0 Å². The van der Waals surface area contributed by atoms with E-state index in [2.05, 4.69) is 40.7 Å². The first-order valence-corrected chi connectivity index (χ1v) is 17.4. The van der Waals surface area contributed by atoms with Crippen molar-refractivity contribution in [2.75, 3.05) is 6.61 Å². The summed E-state index contributed by atoms with van der Waals surface area (Å²) in [5, 5.41) is 20.0. The van der Waals surface area contributed by atoms with Crippen LogP contribution < -0.4 is 0 Å². The molecular formula is C38H58O5. The van der Waals surface area contributed by atoms with Crippen LogP contribution in [0.1, 0.15) is 117 Å². The summed E-state index contributed by atoms with van der Waals surface area (Å²) in [6, 6.07) is 9.92. The van der Waals surface area contributed by atoms with Crippen LogP contribution in [0.25, 0.3) is 0 Å². The maximum atomic E-state index is 12.0. The summed E-state index contributed by atoms with van der Waals surface area (Å²) in [7, 11) is 0. The molecule has 0 saturated heterocycles. The highest BCUT2D eigenvalue weighted by atomic mass is 16.7. The van der Waals surface area contributed by atoms with E-state index >= 15 is 0 Å². The normalized spacial score (nSPS) is 36.7. The average Bonchev–Trinajstić information content (AvgIpc) is 3.33. The predicted molar refractivity (Wildman–Crippen MR) is 172 cm³/mol. The van der Waals surface area contributed by atoms with E-state index in [0.717, 1.165) is 48.0 Å². The molecule has 0 bridgehead atoms. The average molecular weight is 595 g/mol. The summed E-state index contributed by atoms with van der Waals surface area (Å²) in [4.78, 5) is 12.0. The minimum absolute atomic E-state index is 0.0934. The van der Waals surface area contributed by atoms with Gasteiger partial charge < -0.3 is 19.7 Å². The molecule has 9 atom stereocenters. The molecule has 4 aliphatic rings. The van der Waals surface area contributed by atoms with Crippen LogP contribution in [0.5, 0.6) is 0 Å². The maximum Gasteiger partial charge on any atom is 0.506 e. The van der Waals surface area contributed by atoms with Crippen molar-refractivity contribution in [3.63, 3.8) is 0 Å². The quantitative estimate of drug-likeness (QED) is 0.186. The standard InChI is InChI=1S/C38H58O5/c1-26(2)10-9-11-27(3)32-16-17-33-31-15-14-29-22-38(43-35(40)41,21-20-36(29,4)34(31)18-19-37(32,33)5)23-30(24-39)42-25-28-12-7-6-8-13-28/h6-8,12-14,26-27,30-34,39H,9-11,15-25H2,1-5H3,(H,40,41)/t27-,30?,31?,32-,33?,34?,36+,37-,38+/m1/s1. The van der Waals surface area contributed by atoms with Crippen LogP contribution in [-0.2, 0) is 16.1 Å². The van der Waals surface area contributed by atoms with Gasteiger partial charge in [-0.05, 0) is 96.8 Å². The third-order valence-corrected chi connectivity index (χ3v) is 12.9. The fraction of sp³-hybridized carbons (Fsp3) is 0.763. The lowest BCUT2D eigenvalue weighted by Crippen LogP contribution is -2.53. The molecule has 0 aromatic heterocycles. The molecule has 4 aliphatic carbocycles. The number of hydrogen-bond donors (Lipinski definition) is 2. The van der Waals surface area contributed by atoms with Gasteiger partial charge in [-0.2, -0.15) is 0 Å². The zero-order valence-corrected chi connectivity index (χ0v) is 27.5. The Morgan fingerprint density at radius 1 is 1.00 bits per heavy atom. The Kier molecular flexibility index (Phi) is 10.0. The van der Waals surface area contributed by atoms with Gasteiger partial charge in [-0.1, -0.05) is 95.9 Å². The summed E-state index contributed by atoms with van der Waals surface area (Å²) in [6.45, 7) is 12.6. The minimum Gasteiger partial charge on any atom is -0.450 e. The van der Waals surface area contributed by atoms with Crippen LogP contribution in [0.3, 0.4) is 0 Å². The monoisotopic (exact) mass is 594 g/mol. The highest BCUT2D eigenvalue weighted by Crippen LogP contribution is 2.68. The SMILES string of the molecule is CC(C)CCC[C@@H](C)[C@H]1CCC2C3CC=C4C[C@@](CC(CO)OCc5ccccc5)(OC(=O)O)CC[C@]4(C)C3CC[C@@]21C. The smallest absolute Gasteiger partial charge is 0.450 e. The molecule has 5 nitrogen and oxygen atoms in total. The van der Waals surface area contributed by atoms with Gasteiger partial charge in [0.15, 0.2) is 0 Å². The van der Waals surface area contributed by atoms with Crippen molar-refractivity contribution >= 4 is 6.16 Å². The molecule has 3 fully saturated rings. The van der Waals surface area contributed by atoms with Crippen LogP contribution in [-0.4, -0.2) is 34.7 Å². The first-order chi connectivity index (χ1) is 20.5. The fourth-order valence-electron chi connectivity index (χ4n) is 10.6. The molecule has 1 aromatic rings. The van der Waals surface area contributed by atoms with Crippen molar-refractivity contribution in [1.29, 1.82) is 0 Å². The Hall–Kier alpha value is -1.85. The number of rotatable bonds is 12. The molecule has 4 unspecified atom stereocenters. The molecule has 5 rings (SSSR count). The van der Waals surface area contributed by atoms with E-state index in [-0.39, 0.29) is 12.0 Å². The molecule has 43 heavy (non-hydrogen) atoms. The summed E-state index contributed by atoms with van der Waals surface area (Å²) in [5.41, 5.74) is 2.11. The van der Waals surface area contributed by atoms with E-state index in [1.807, 2.05) is 30.3 Å². The van der Waals surface area contributed by atoms with Crippen molar-refractivity contribution in [3.8, 4) is 0 Å². The number of benzene rings is 1. The molecule has 2 N–H and O–H groups in total. The van der Waals surface area contributed by atoms with Gasteiger partial charge in [0.1, 0.15) is 5.60 Å². The van der Waals surface area contributed by atoms with Crippen LogP contribution in [0.4, 0.5) is 4.79 Å². The lowest BCUT2D eigenvalue weighted by atomic mass is 9.46. The molecule has 0 aliphatic heterocycles. The van der Waals surface area contributed by atoms with E-state index in [0.29, 0.717) is 37.2 Å². The number of carboxylic acid groups (broad SMARTS) is 1. The second-order valence-electron chi connectivity index (χ2n) is 15.8. The van der Waals surface area contributed by atoms with Gasteiger partial charge in [0, 0.05) is 12.8 Å². The zero-order valence-electron chi connectivity index (χ0n) is 27.5. The number of carbonyl (C=O) groups is 1. The molecule has 0 heterocycles. The number of ether oxygens (including phenoxy) is 2. The first-order valence-electron chi connectivity index (χ1n) is 17.4. The highest BCUT2D eigenvalue weighted by Gasteiger charge is 2.60. The third kappa shape index (κ3) is 6.73. The van der Waals surface area contributed by atoms with Crippen molar-refractivity contribution in [2.24, 2.45) is 46.3 Å². The molecule has 1 aromatic carbocycles. The lowest BCUT2D eigenvalue weighted by molar-refractivity contribution is -0.111. The number of hydrogen-bond acceptors (Lipinski definition) is 4. The van der Waals surface area contributed by atoms with E-state index < -0.39 is 17.9 Å². The lowest BCUT2D eigenvalue weighted by Gasteiger charge is -2.59. The Morgan fingerprint density at radius 3 is 2.47 bits per heavy atom. The Morgan fingerprint density at radius 2 is 1.77 bits per heavy atom. The van der Waals surface area contributed by atoms with Gasteiger partial charge in [-0.3, -0.25) is 0 Å². The maximum absolute atomic E-state index is 12.0. The van der Waals surface area contributed by atoms with E-state index in [9.17, 15) is 15.0 Å². The van der Waals surface area contributed by atoms with Crippen LogP contribution in [0, 0.1) is 46.3 Å². The van der Waals surface area contributed by atoms with Crippen molar-refractivity contribution in [3.05, 3.63) is 47.5 Å². The zero-order chi connectivity index (χ0) is 30.8. The van der Waals surface area contributed by atoms with Crippen molar-refractivity contribution in [2.45, 2.75) is 130 Å². The third-order valence-electron chi connectivity index (χ3n) is 12.9. The summed E-state index contributed by atoms with van der Waals surface area (Å²) >= 11 is 0. The van der Waals surface area contributed by atoms with Gasteiger partial charge in [0.05, 0.1) is 19.3 Å². The molecule has 0 radical (unpaired) electrons. The molecule has 0 spiro atoms. The number of aliphatic hydroxyl groups excluding tert-OH is 1. The second kappa shape index (κ2) is 13.3. The molecule has 240 valence electrons. The first kappa shape index (κ1) is 32.5. The Balaban J connectivity index is 1.29. The van der Waals surface area contributed by atoms with E-state index in [1.54, 1.807) is 0 Å². The van der Waals surface area contributed by atoms with Gasteiger partial charge in [-0.15, -0.1) is 0 Å². The molecule has 5 heteroatoms. The van der Waals surface area contributed by atoms with E-state index in [1.165, 1.54) is 50.5 Å². The summed E-state index contributed by atoms with van der Waals surface area (Å²) in [6.07, 6.45) is 14.0. The Bertz CT molecular complexity index is 1110. The van der Waals surface area contributed by atoms with Crippen LogP contribution in [0.15, 0.2) is 42.0 Å². The fourth-order valence-corrected chi connectivity index (χ4v) is 10.6. The summed E-state index contributed by atoms with van der Waals surface area (Å²) < 4.78 is 11.9. The number of aliphatic hydroxyl groups is 1. The van der Waals surface area contributed by atoms with Gasteiger partial charge >= 0.3 is 6.16 Å².